The maximum absolute atomic E-state index is 11.8. The molecule has 0 radical (unpaired) electrons. The Labute approximate surface area is 126 Å². The first-order valence-electron chi connectivity index (χ1n) is 6.31. The molecule has 5 nitrogen and oxygen atoms in total. The number of aryl methyl sites for hydroxylation is 1. The van der Waals surface area contributed by atoms with Crippen LogP contribution >= 0.6 is 11.3 Å². The number of rotatable bonds is 6. The van der Waals surface area contributed by atoms with Gasteiger partial charge in [-0.25, -0.2) is 4.79 Å². The van der Waals surface area contributed by atoms with Crippen LogP contribution in [-0.4, -0.2) is 23.6 Å². The van der Waals surface area contributed by atoms with Gasteiger partial charge in [-0.05, 0) is 23.4 Å². The molecule has 0 aliphatic carbocycles. The Kier molecular flexibility index (Phi) is 5.08. The maximum Gasteiger partial charge on any atom is 0.348 e. The minimum absolute atomic E-state index is 0.122. The lowest BCUT2D eigenvalue weighted by Gasteiger charge is -2.07. The third-order valence-electron chi connectivity index (χ3n) is 2.78. The average molecular weight is 305 g/mol. The molecule has 1 aromatic carbocycles. The Morgan fingerprint density at radius 2 is 2.00 bits per heavy atom. The molecule has 1 amide bonds. The van der Waals surface area contributed by atoms with E-state index >= 15 is 0 Å². The second-order valence-corrected chi connectivity index (χ2v) is 5.33. The summed E-state index contributed by atoms with van der Waals surface area (Å²) in [4.78, 5) is 23.0. The molecule has 1 aromatic heterocycles. The molecule has 0 saturated carbocycles. The first kappa shape index (κ1) is 15.2. The quantitative estimate of drug-likeness (QED) is 0.860. The molecular formula is C15H15NO4S. The van der Waals surface area contributed by atoms with E-state index in [0.717, 1.165) is 22.5 Å². The molecule has 0 fully saturated rings. The van der Waals surface area contributed by atoms with Crippen LogP contribution in [0.3, 0.4) is 0 Å². The van der Waals surface area contributed by atoms with E-state index in [0.29, 0.717) is 12.3 Å². The largest absolute Gasteiger partial charge is 0.477 e. The average Bonchev–Trinajstić information content (AvgIpc) is 2.81. The first-order chi connectivity index (χ1) is 10.1. The van der Waals surface area contributed by atoms with Crippen molar-refractivity contribution in [2.45, 2.75) is 13.5 Å². The van der Waals surface area contributed by atoms with Crippen LogP contribution in [0, 0.1) is 6.92 Å². The molecule has 21 heavy (non-hydrogen) atoms. The van der Waals surface area contributed by atoms with Crippen molar-refractivity contribution < 1.29 is 19.4 Å². The number of carboxylic acids is 1. The summed E-state index contributed by atoms with van der Waals surface area (Å²) >= 11 is 1.09. The molecule has 0 unspecified atom stereocenters. The third-order valence-corrected chi connectivity index (χ3v) is 3.86. The number of anilines is 1. The zero-order valence-corrected chi connectivity index (χ0v) is 12.3. The number of hydrogen-bond acceptors (Lipinski definition) is 4. The van der Waals surface area contributed by atoms with Gasteiger partial charge in [-0.1, -0.05) is 30.3 Å². The molecule has 0 aliphatic heterocycles. The molecule has 6 heteroatoms. The number of hydrogen-bond donors (Lipinski definition) is 2. The summed E-state index contributed by atoms with van der Waals surface area (Å²) in [6, 6.07) is 9.51. The Morgan fingerprint density at radius 3 is 2.67 bits per heavy atom. The SMILES string of the molecule is Cc1csc(C(=O)O)c1NC(=O)COCc1ccccc1. The van der Waals surface area contributed by atoms with E-state index in [2.05, 4.69) is 5.32 Å². The molecule has 0 aliphatic rings. The number of benzene rings is 1. The van der Waals surface area contributed by atoms with Gasteiger partial charge in [0, 0.05) is 0 Å². The highest BCUT2D eigenvalue weighted by atomic mass is 32.1. The molecule has 2 aromatic rings. The van der Waals surface area contributed by atoms with Crippen molar-refractivity contribution in [3.8, 4) is 0 Å². The summed E-state index contributed by atoms with van der Waals surface area (Å²) in [6.07, 6.45) is 0. The minimum atomic E-state index is -1.05. The van der Waals surface area contributed by atoms with Crippen LogP contribution < -0.4 is 5.32 Å². The van der Waals surface area contributed by atoms with E-state index in [9.17, 15) is 9.59 Å². The van der Waals surface area contributed by atoms with E-state index in [1.165, 1.54) is 0 Å². The summed E-state index contributed by atoms with van der Waals surface area (Å²) < 4.78 is 5.31. The lowest BCUT2D eigenvalue weighted by atomic mass is 10.2. The van der Waals surface area contributed by atoms with Crippen LogP contribution in [0.1, 0.15) is 20.8 Å². The van der Waals surface area contributed by atoms with Gasteiger partial charge in [0.25, 0.3) is 0 Å². The lowest BCUT2D eigenvalue weighted by Crippen LogP contribution is -2.19. The Hall–Kier alpha value is -2.18. The Balaban J connectivity index is 1.88. The smallest absolute Gasteiger partial charge is 0.348 e. The Bertz CT molecular complexity index is 636. The number of aromatic carboxylic acids is 1. The topological polar surface area (TPSA) is 75.6 Å². The van der Waals surface area contributed by atoms with Gasteiger partial charge in [0.15, 0.2) is 0 Å². The van der Waals surface area contributed by atoms with Crippen molar-refractivity contribution in [1.82, 2.24) is 0 Å². The van der Waals surface area contributed by atoms with Crippen molar-refractivity contribution in [1.29, 1.82) is 0 Å². The van der Waals surface area contributed by atoms with Gasteiger partial charge in [-0.15, -0.1) is 11.3 Å². The number of nitrogens with one attached hydrogen (secondary N) is 1. The number of ether oxygens (including phenoxy) is 1. The number of carboxylic acid groups (broad SMARTS) is 1. The van der Waals surface area contributed by atoms with Crippen molar-refractivity contribution in [2.24, 2.45) is 0 Å². The number of carbonyl (C=O) groups excluding carboxylic acids is 1. The second-order valence-electron chi connectivity index (χ2n) is 4.45. The zero-order chi connectivity index (χ0) is 15.2. The van der Waals surface area contributed by atoms with Gasteiger partial charge >= 0.3 is 5.97 Å². The van der Waals surface area contributed by atoms with E-state index in [1.807, 2.05) is 30.3 Å². The standard InChI is InChI=1S/C15H15NO4S/c1-10-9-21-14(15(18)19)13(10)16-12(17)8-20-7-11-5-3-2-4-6-11/h2-6,9H,7-8H2,1H3,(H,16,17)(H,18,19). The molecule has 2 N–H and O–H groups in total. The van der Waals surface area contributed by atoms with E-state index < -0.39 is 5.97 Å². The van der Waals surface area contributed by atoms with Crippen LogP contribution in [-0.2, 0) is 16.1 Å². The van der Waals surface area contributed by atoms with Crippen molar-refractivity contribution in [3.63, 3.8) is 0 Å². The zero-order valence-electron chi connectivity index (χ0n) is 11.5. The van der Waals surface area contributed by atoms with Crippen LogP contribution in [0.15, 0.2) is 35.7 Å². The van der Waals surface area contributed by atoms with Gasteiger partial charge in [0.1, 0.15) is 11.5 Å². The molecule has 2 rings (SSSR count). The van der Waals surface area contributed by atoms with Crippen molar-refractivity contribution in [2.75, 3.05) is 11.9 Å². The van der Waals surface area contributed by atoms with Crippen LogP contribution in [0.2, 0.25) is 0 Å². The molecule has 0 atom stereocenters. The summed E-state index contributed by atoms with van der Waals surface area (Å²) in [5, 5.41) is 13.3. The van der Waals surface area contributed by atoms with Gasteiger partial charge in [0.2, 0.25) is 5.91 Å². The van der Waals surface area contributed by atoms with Crippen molar-refractivity contribution >= 4 is 28.9 Å². The normalized spacial score (nSPS) is 10.3. The fraction of sp³-hybridized carbons (Fsp3) is 0.200. The highest BCUT2D eigenvalue weighted by Crippen LogP contribution is 2.27. The van der Waals surface area contributed by atoms with Crippen molar-refractivity contribution in [3.05, 3.63) is 51.7 Å². The van der Waals surface area contributed by atoms with E-state index in [1.54, 1.807) is 12.3 Å². The number of carbonyl (C=O) groups is 2. The monoisotopic (exact) mass is 305 g/mol. The summed E-state index contributed by atoms with van der Waals surface area (Å²) in [7, 11) is 0. The first-order valence-corrected chi connectivity index (χ1v) is 7.19. The predicted octanol–water partition coefficient (Wildman–Crippen LogP) is 2.91. The van der Waals surface area contributed by atoms with Crippen LogP contribution in [0.5, 0.6) is 0 Å². The van der Waals surface area contributed by atoms with Gasteiger partial charge in [-0.2, -0.15) is 0 Å². The minimum Gasteiger partial charge on any atom is -0.477 e. The molecule has 110 valence electrons. The van der Waals surface area contributed by atoms with Gasteiger partial charge < -0.3 is 15.2 Å². The lowest BCUT2D eigenvalue weighted by molar-refractivity contribution is -0.121. The van der Waals surface area contributed by atoms with Gasteiger partial charge in [-0.3, -0.25) is 4.79 Å². The van der Waals surface area contributed by atoms with Crippen LogP contribution in [0.4, 0.5) is 5.69 Å². The molecule has 1 heterocycles. The highest BCUT2D eigenvalue weighted by Gasteiger charge is 2.17. The predicted molar refractivity (Wildman–Crippen MR) is 80.7 cm³/mol. The number of amides is 1. The Morgan fingerprint density at radius 1 is 1.29 bits per heavy atom. The molecule has 0 spiro atoms. The maximum atomic E-state index is 11.8. The number of thiophene rings is 1. The van der Waals surface area contributed by atoms with Gasteiger partial charge in [0.05, 0.1) is 12.3 Å². The van der Waals surface area contributed by atoms with E-state index in [-0.39, 0.29) is 17.4 Å². The molecule has 0 saturated heterocycles. The fourth-order valence-corrected chi connectivity index (χ4v) is 2.61. The summed E-state index contributed by atoms with van der Waals surface area (Å²) in [6.45, 7) is 1.97. The molecular weight excluding hydrogens is 290 g/mol. The summed E-state index contributed by atoms with van der Waals surface area (Å²) in [5.74, 6) is -1.41. The third kappa shape index (κ3) is 4.14. The highest BCUT2D eigenvalue weighted by molar-refractivity contribution is 7.12. The van der Waals surface area contributed by atoms with Crippen LogP contribution in [0.25, 0.3) is 0 Å². The fourth-order valence-electron chi connectivity index (χ4n) is 1.77. The van der Waals surface area contributed by atoms with E-state index in [4.69, 9.17) is 9.84 Å². The second kappa shape index (κ2) is 7.01. The summed E-state index contributed by atoms with van der Waals surface area (Å²) in [5.41, 5.74) is 2.05. The molecule has 0 bridgehead atoms.